The number of hydrogen-bond donors (Lipinski definition) is 1. The second-order valence-electron chi connectivity index (χ2n) is 3.64. The summed E-state index contributed by atoms with van der Waals surface area (Å²) in [5.74, 6) is 0.754. The van der Waals surface area contributed by atoms with Crippen LogP contribution in [0.1, 0.15) is 6.42 Å². The van der Waals surface area contributed by atoms with Gasteiger partial charge in [-0.2, -0.15) is 0 Å². The minimum atomic E-state index is -0.324. The summed E-state index contributed by atoms with van der Waals surface area (Å²) < 4.78 is 10.8. The lowest BCUT2D eigenvalue weighted by molar-refractivity contribution is 0.151. The van der Waals surface area contributed by atoms with Gasteiger partial charge < -0.3 is 15.2 Å². The molecule has 4 heteroatoms. The van der Waals surface area contributed by atoms with Crippen LogP contribution in [0, 0.1) is 0 Å². The number of rotatable bonds is 3. The van der Waals surface area contributed by atoms with E-state index in [1.807, 2.05) is 12.1 Å². The molecule has 76 valence electrons. The first-order chi connectivity index (χ1) is 6.79. The molecule has 1 unspecified atom stereocenters. The van der Waals surface area contributed by atoms with Crippen LogP contribution < -0.4 is 10.5 Å². The van der Waals surface area contributed by atoms with Crippen LogP contribution in [0.5, 0.6) is 5.75 Å². The molecule has 0 spiro atoms. The Bertz CT molecular complexity index is 283. The molecule has 14 heavy (non-hydrogen) atoms. The highest BCUT2D eigenvalue weighted by molar-refractivity contribution is 5.15. The molecule has 1 aromatic rings. The summed E-state index contributed by atoms with van der Waals surface area (Å²) in [5, 5.41) is 0. The van der Waals surface area contributed by atoms with Crippen LogP contribution in [0.3, 0.4) is 0 Å². The van der Waals surface area contributed by atoms with Gasteiger partial charge in [-0.1, -0.05) is 0 Å². The van der Waals surface area contributed by atoms with Crippen molar-refractivity contribution in [3.05, 3.63) is 24.5 Å². The smallest absolute Gasteiger partial charge is 0.137 e. The molecule has 2 N–H and O–H groups in total. The van der Waals surface area contributed by atoms with Crippen LogP contribution in [0.4, 0.5) is 0 Å². The predicted octanol–water partition coefficient (Wildman–Crippen LogP) is 0.578. The Hall–Kier alpha value is -1.13. The molecule has 2 rings (SSSR count). The maximum atomic E-state index is 6.04. The largest absolute Gasteiger partial charge is 0.490 e. The Morgan fingerprint density at radius 2 is 2.57 bits per heavy atom. The summed E-state index contributed by atoms with van der Waals surface area (Å²) in [7, 11) is 0. The van der Waals surface area contributed by atoms with Gasteiger partial charge in [0.15, 0.2) is 0 Å². The molecule has 1 aromatic heterocycles. The summed E-state index contributed by atoms with van der Waals surface area (Å²) in [6.07, 6.45) is 4.25. The minimum Gasteiger partial charge on any atom is -0.490 e. The molecule has 1 aliphatic rings. The fourth-order valence-corrected chi connectivity index (χ4v) is 1.40. The molecule has 1 aliphatic heterocycles. The number of nitrogens with two attached hydrogens (primary N) is 1. The number of hydrogen-bond acceptors (Lipinski definition) is 4. The van der Waals surface area contributed by atoms with Crippen molar-refractivity contribution in [1.29, 1.82) is 0 Å². The highest BCUT2D eigenvalue weighted by atomic mass is 16.5. The Kier molecular flexibility index (Phi) is 2.65. The Morgan fingerprint density at radius 3 is 3.21 bits per heavy atom. The Morgan fingerprint density at radius 1 is 1.64 bits per heavy atom. The molecule has 0 aliphatic carbocycles. The third kappa shape index (κ3) is 2.21. The molecule has 0 aromatic carbocycles. The summed E-state index contributed by atoms with van der Waals surface area (Å²) in [4.78, 5) is 3.96. The molecule has 2 heterocycles. The maximum absolute atomic E-state index is 6.04. The summed E-state index contributed by atoms with van der Waals surface area (Å²) in [6.45, 7) is 1.79. The zero-order valence-electron chi connectivity index (χ0n) is 7.98. The lowest BCUT2D eigenvalue weighted by Gasteiger charge is -2.21. The molecule has 0 saturated carbocycles. The molecule has 1 atom stereocenters. The number of ether oxygens (including phenoxy) is 2. The SMILES string of the molecule is NC1(COc2cccnc2)CCOC1. The van der Waals surface area contributed by atoms with E-state index in [2.05, 4.69) is 4.98 Å². The van der Waals surface area contributed by atoms with Gasteiger partial charge in [0.1, 0.15) is 12.4 Å². The van der Waals surface area contributed by atoms with Crippen molar-refractivity contribution in [2.45, 2.75) is 12.0 Å². The van der Waals surface area contributed by atoms with E-state index in [1.54, 1.807) is 12.4 Å². The number of nitrogens with zero attached hydrogens (tertiary/aromatic N) is 1. The summed E-state index contributed by atoms with van der Waals surface area (Å²) in [5.41, 5.74) is 5.71. The van der Waals surface area contributed by atoms with Crippen LogP contribution in [0.15, 0.2) is 24.5 Å². The van der Waals surface area contributed by atoms with E-state index < -0.39 is 0 Å². The highest BCUT2D eigenvalue weighted by Gasteiger charge is 2.31. The summed E-state index contributed by atoms with van der Waals surface area (Å²) in [6, 6.07) is 3.70. The van der Waals surface area contributed by atoms with E-state index >= 15 is 0 Å². The van der Waals surface area contributed by atoms with Crippen LogP contribution in [0.25, 0.3) is 0 Å². The van der Waals surface area contributed by atoms with Crippen molar-refractivity contribution >= 4 is 0 Å². The molecule has 0 bridgehead atoms. The van der Waals surface area contributed by atoms with Gasteiger partial charge in [-0.25, -0.2) is 0 Å². The van der Waals surface area contributed by atoms with Crippen molar-refractivity contribution in [2.24, 2.45) is 5.73 Å². The lowest BCUT2D eigenvalue weighted by atomic mass is 10.0. The van der Waals surface area contributed by atoms with Crippen molar-refractivity contribution in [2.75, 3.05) is 19.8 Å². The zero-order chi connectivity index (χ0) is 9.86. The Labute approximate surface area is 83.0 Å². The van der Waals surface area contributed by atoms with Gasteiger partial charge in [0.25, 0.3) is 0 Å². The van der Waals surface area contributed by atoms with Crippen LogP contribution in [-0.4, -0.2) is 30.3 Å². The van der Waals surface area contributed by atoms with E-state index in [9.17, 15) is 0 Å². The maximum Gasteiger partial charge on any atom is 0.137 e. The van der Waals surface area contributed by atoms with Crippen LogP contribution in [-0.2, 0) is 4.74 Å². The molecular formula is C10H14N2O2. The van der Waals surface area contributed by atoms with Gasteiger partial charge in [-0.15, -0.1) is 0 Å². The second kappa shape index (κ2) is 3.94. The average molecular weight is 194 g/mol. The number of aromatic nitrogens is 1. The average Bonchev–Trinajstić information content (AvgIpc) is 2.65. The van der Waals surface area contributed by atoms with Crippen LogP contribution >= 0.6 is 0 Å². The molecule has 4 nitrogen and oxygen atoms in total. The summed E-state index contributed by atoms with van der Waals surface area (Å²) >= 11 is 0. The molecule has 0 radical (unpaired) electrons. The third-order valence-corrected chi connectivity index (χ3v) is 2.29. The minimum absolute atomic E-state index is 0.324. The first-order valence-electron chi connectivity index (χ1n) is 4.68. The van der Waals surface area contributed by atoms with Gasteiger partial charge in [0.05, 0.1) is 18.3 Å². The van der Waals surface area contributed by atoms with Gasteiger partial charge in [0.2, 0.25) is 0 Å². The van der Waals surface area contributed by atoms with Gasteiger partial charge in [-0.05, 0) is 18.6 Å². The van der Waals surface area contributed by atoms with E-state index in [4.69, 9.17) is 15.2 Å². The molecule has 0 amide bonds. The van der Waals surface area contributed by atoms with Crippen molar-refractivity contribution in [3.63, 3.8) is 0 Å². The first-order valence-corrected chi connectivity index (χ1v) is 4.68. The van der Waals surface area contributed by atoms with Crippen molar-refractivity contribution in [3.8, 4) is 5.75 Å². The van der Waals surface area contributed by atoms with Crippen molar-refractivity contribution < 1.29 is 9.47 Å². The molecular weight excluding hydrogens is 180 g/mol. The first kappa shape index (κ1) is 9.43. The van der Waals surface area contributed by atoms with Gasteiger partial charge in [0, 0.05) is 12.8 Å². The highest BCUT2D eigenvalue weighted by Crippen LogP contribution is 2.17. The van der Waals surface area contributed by atoms with E-state index in [0.29, 0.717) is 13.2 Å². The van der Waals surface area contributed by atoms with Crippen molar-refractivity contribution in [1.82, 2.24) is 4.98 Å². The standard InChI is InChI=1S/C10H14N2O2/c11-10(3-5-13-7-10)8-14-9-2-1-4-12-6-9/h1-2,4,6H,3,5,7-8,11H2. The van der Waals surface area contributed by atoms with Crippen LogP contribution in [0.2, 0.25) is 0 Å². The third-order valence-electron chi connectivity index (χ3n) is 2.29. The second-order valence-corrected chi connectivity index (χ2v) is 3.64. The van der Waals surface area contributed by atoms with E-state index in [1.165, 1.54) is 0 Å². The number of pyridine rings is 1. The monoisotopic (exact) mass is 194 g/mol. The van der Waals surface area contributed by atoms with Gasteiger partial charge in [-0.3, -0.25) is 4.98 Å². The Balaban J connectivity index is 1.88. The van der Waals surface area contributed by atoms with E-state index in [-0.39, 0.29) is 5.54 Å². The zero-order valence-corrected chi connectivity index (χ0v) is 7.98. The fourth-order valence-electron chi connectivity index (χ4n) is 1.40. The topological polar surface area (TPSA) is 57.4 Å². The fraction of sp³-hybridized carbons (Fsp3) is 0.500. The molecule has 1 fully saturated rings. The quantitative estimate of drug-likeness (QED) is 0.764. The predicted molar refractivity (Wildman–Crippen MR) is 52.1 cm³/mol. The van der Waals surface area contributed by atoms with E-state index in [0.717, 1.165) is 18.8 Å². The molecule has 1 saturated heterocycles. The normalized spacial score (nSPS) is 26.4. The van der Waals surface area contributed by atoms with Gasteiger partial charge >= 0.3 is 0 Å². The lowest BCUT2D eigenvalue weighted by Crippen LogP contribution is -2.46.